The van der Waals surface area contributed by atoms with Gasteiger partial charge in [-0.1, -0.05) is 60.7 Å². The lowest BCUT2D eigenvalue weighted by atomic mass is 9.87. The Labute approximate surface area is 232 Å². The Morgan fingerprint density at radius 1 is 0.925 bits per heavy atom. The van der Waals surface area contributed by atoms with Crippen LogP contribution in [0.5, 0.6) is 0 Å². The van der Waals surface area contributed by atoms with Gasteiger partial charge in [0.05, 0.1) is 5.56 Å². The molecule has 1 aliphatic heterocycles. The second kappa shape index (κ2) is 10.8. The molecule has 0 saturated heterocycles. The number of pyridine rings is 1. The average Bonchev–Trinajstić information content (AvgIpc) is 3.81. The van der Waals surface area contributed by atoms with Gasteiger partial charge in [-0.25, -0.2) is 4.79 Å². The van der Waals surface area contributed by atoms with Gasteiger partial charge in [0, 0.05) is 31.7 Å². The molecule has 6 rings (SSSR count). The van der Waals surface area contributed by atoms with E-state index < -0.39 is 5.97 Å². The van der Waals surface area contributed by atoms with Crippen LogP contribution in [-0.2, 0) is 24.3 Å². The molecule has 7 heteroatoms. The third-order valence-electron chi connectivity index (χ3n) is 7.91. The molecule has 4 aromatic rings. The first-order valence-electron chi connectivity index (χ1n) is 13.5. The number of carbonyl (C=O) groups excluding carboxylic acids is 2. The number of hydrogen-bond acceptors (Lipinski definition) is 4. The fourth-order valence-corrected chi connectivity index (χ4v) is 5.69. The van der Waals surface area contributed by atoms with E-state index in [1.165, 1.54) is 5.56 Å². The topological polar surface area (TPSA) is 99.6 Å². The number of amides is 2. The van der Waals surface area contributed by atoms with Gasteiger partial charge in [0.1, 0.15) is 5.69 Å². The van der Waals surface area contributed by atoms with Crippen molar-refractivity contribution in [3.8, 4) is 11.1 Å². The second-order valence-electron chi connectivity index (χ2n) is 10.4. The number of carboxylic acid groups (broad SMARTS) is 1. The Hall–Kier alpha value is -4.78. The van der Waals surface area contributed by atoms with Crippen LogP contribution >= 0.6 is 0 Å². The number of hydrogen-bond donors (Lipinski definition) is 2. The minimum Gasteiger partial charge on any atom is -0.478 e. The SMILES string of the molecule is O=C(O)c1cccc(-c2ccc(CNC(=O)[C@H]3C[C@@H]3c3ccccc3)c3c2CCN(C(=O)c2ccccn2)C3)c1. The summed E-state index contributed by atoms with van der Waals surface area (Å²) in [5.41, 5.74) is 6.60. The fourth-order valence-electron chi connectivity index (χ4n) is 5.69. The molecule has 0 radical (unpaired) electrons. The van der Waals surface area contributed by atoms with Gasteiger partial charge in [-0.2, -0.15) is 0 Å². The number of carbonyl (C=O) groups is 3. The highest BCUT2D eigenvalue weighted by Gasteiger charge is 2.43. The molecule has 2 amide bonds. The number of aromatic nitrogens is 1. The zero-order valence-corrected chi connectivity index (χ0v) is 21.9. The first kappa shape index (κ1) is 25.5. The molecular formula is C33H29N3O4. The van der Waals surface area contributed by atoms with Gasteiger partial charge in [-0.05, 0) is 76.4 Å². The van der Waals surface area contributed by atoms with E-state index in [2.05, 4.69) is 22.4 Å². The first-order valence-corrected chi connectivity index (χ1v) is 13.5. The molecule has 0 bridgehead atoms. The highest BCUT2D eigenvalue weighted by Crippen LogP contribution is 2.47. The molecule has 0 unspecified atom stereocenters. The maximum Gasteiger partial charge on any atom is 0.335 e. The summed E-state index contributed by atoms with van der Waals surface area (Å²) >= 11 is 0. The summed E-state index contributed by atoms with van der Waals surface area (Å²) in [4.78, 5) is 43.9. The van der Waals surface area contributed by atoms with Crippen LogP contribution in [0.3, 0.4) is 0 Å². The second-order valence-corrected chi connectivity index (χ2v) is 10.4. The lowest BCUT2D eigenvalue weighted by Gasteiger charge is -2.32. The monoisotopic (exact) mass is 531 g/mol. The predicted molar refractivity (Wildman–Crippen MR) is 151 cm³/mol. The van der Waals surface area contributed by atoms with E-state index >= 15 is 0 Å². The molecule has 1 saturated carbocycles. The number of rotatable bonds is 7. The van der Waals surface area contributed by atoms with Crippen molar-refractivity contribution in [2.24, 2.45) is 5.92 Å². The third kappa shape index (κ3) is 5.10. The Morgan fingerprint density at radius 3 is 2.52 bits per heavy atom. The van der Waals surface area contributed by atoms with Gasteiger partial charge in [0.25, 0.3) is 5.91 Å². The molecule has 2 N–H and O–H groups in total. The highest BCUT2D eigenvalue weighted by atomic mass is 16.4. The number of nitrogens with zero attached hydrogens (tertiary/aromatic N) is 2. The van der Waals surface area contributed by atoms with Gasteiger partial charge < -0.3 is 15.3 Å². The maximum atomic E-state index is 13.3. The Bertz CT molecular complexity index is 1590. The van der Waals surface area contributed by atoms with Crippen LogP contribution in [0.25, 0.3) is 11.1 Å². The van der Waals surface area contributed by atoms with Crippen molar-refractivity contribution < 1.29 is 19.5 Å². The van der Waals surface area contributed by atoms with Crippen LogP contribution in [-0.4, -0.2) is 39.3 Å². The fraction of sp³-hybridized carbons (Fsp3) is 0.212. The van der Waals surface area contributed by atoms with E-state index in [-0.39, 0.29) is 29.2 Å². The molecule has 0 spiro atoms. The van der Waals surface area contributed by atoms with E-state index in [1.807, 2.05) is 36.4 Å². The maximum absolute atomic E-state index is 13.3. The van der Waals surface area contributed by atoms with Gasteiger partial charge in [-0.15, -0.1) is 0 Å². The molecule has 40 heavy (non-hydrogen) atoms. The quantitative estimate of drug-likeness (QED) is 0.347. The minimum absolute atomic E-state index is 0.0292. The Balaban J connectivity index is 1.28. The molecular weight excluding hydrogens is 502 g/mol. The molecule has 2 heterocycles. The Kier molecular flexibility index (Phi) is 6.86. The normalized spacial score (nSPS) is 17.6. The summed E-state index contributed by atoms with van der Waals surface area (Å²) in [7, 11) is 0. The number of nitrogens with one attached hydrogen (secondary N) is 1. The summed E-state index contributed by atoms with van der Waals surface area (Å²) in [6.45, 7) is 1.27. The van der Waals surface area contributed by atoms with Crippen molar-refractivity contribution in [1.29, 1.82) is 0 Å². The van der Waals surface area contributed by atoms with E-state index in [0.29, 0.717) is 31.7 Å². The summed E-state index contributed by atoms with van der Waals surface area (Å²) in [5, 5.41) is 12.7. The van der Waals surface area contributed by atoms with Crippen molar-refractivity contribution in [3.05, 3.63) is 125 Å². The number of aromatic carboxylic acids is 1. The number of carboxylic acids is 1. The molecule has 3 aromatic carbocycles. The largest absolute Gasteiger partial charge is 0.478 e. The van der Waals surface area contributed by atoms with Crippen LogP contribution in [0, 0.1) is 5.92 Å². The zero-order valence-electron chi connectivity index (χ0n) is 21.9. The molecule has 1 aromatic heterocycles. The van der Waals surface area contributed by atoms with Crippen LogP contribution in [0.15, 0.2) is 91.1 Å². The zero-order chi connectivity index (χ0) is 27.6. The lowest BCUT2D eigenvalue weighted by Crippen LogP contribution is -2.37. The highest BCUT2D eigenvalue weighted by molar-refractivity contribution is 5.93. The van der Waals surface area contributed by atoms with Crippen LogP contribution < -0.4 is 5.32 Å². The smallest absolute Gasteiger partial charge is 0.335 e. The lowest BCUT2D eigenvalue weighted by molar-refractivity contribution is -0.122. The molecule has 2 aliphatic rings. The Morgan fingerprint density at radius 2 is 1.75 bits per heavy atom. The van der Waals surface area contributed by atoms with Crippen molar-refractivity contribution >= 4 is 17.8 Å². The number of fused-ring (bicyclic) bond motifs is 1. The molecule has 7 nitrogen and oxygen atoms in total. The molecule has 2 atom stereocenters. The van der Waals surface area contributed by atoms with Gasteiger partial charge in [-0.3, -0.25) is 14.6 Å². The predicted octanol–water partition coefficient (Wildman–Crippen LogP) is 5.07. The molecule has 1 fully saturated rings. The van der Waals surface area contributed by atoms with Crippen molar-refractivity contribution in [1.82, 2.24) is 15.2 Å². The van der Waals surface area contributed by atoms with Crippen molar-refractivity contribution in [3.63, 3.8) is 0 Å². The van der Waals surface area contributed by atoms with Gasteiger partial charge >= 0.3 is 5.97 Å². The van der Waals surface area contributed by atoms with Gasteiger partial charge in [0.15, 0.2) is 0 Å². The molecule has 1 aliphatic carbocycles. The summed E-state index contributed by atoms with van der Waals surface area (Å²) in [6.07, 6.45) is 3.07. The van der Waals surface area contributed by atoms with Crippen molar-refractivity contribution in [2.75, 3.05) is 6.54 Å². The van der Waals surface area contributed by atoms with Gasteiger partial charge in [0.2, 0.25) is 5.91 Å². The first-order chi connectivity index (χ1) is 19.5. The molecule has 200 valence electrons. The van der Waals surface area contributed by atoms with Crippen LogP contribution in [0.2, 0.25) is 0 Å². The van der Waals surface area contributed by atoms with Crippen molar-refractivity contribution in [2.45, 2.75) is 31.8 Å². The van der Waals surface area contributed by atoms with E-state index in [4.69, 9.17) is 0 Å². The average molecular weight is 532 g/mol. The summed E-state index contributed by atoms with van der Waals surface area (Å²) in [5.74, 6) is -0.846. The minimum atomic E-state index is -0.976. The van der Waals surface area contributed by atoms with E-state index in [0.717, 1.165) is 34.2 Å². The van der Waals surface area contributed by atoms with Crippen LogP contribution in [0.1, 0.15) is 55.4 Å². The summed E-state index contributed by atoms with van der Waals surface area (Å²) in [6, 6.07) is 26.3. The number of benzene rings is 3. The summed E-state index contributed by atoms with van der Waals surface area (Å²) < 4.78 is 0. The third-order valence-corrected chi connectivity index (χ3v) is 7.91. The van der Waals surface area contributed by atoms with E-state index in [1.54, 1.807) is 47.5 Å². The standard InChI is InChI=1S/C33H29N3O4/c37-31(28-18-27(28)21-7-2-1-3-8-21)35-19-24-12-13-25(22-9-6-10-23(17-22)33(39)40)26-14-16-36(20-29(24)26)32(38)30-11-4-5-15-34-30/h1-13,15,17,27-28H,14,16,18-20H2,(H,35,37)(H,39,40)/t27-,28+/m1/s1. The van der Waals surface area contributed by atoms with Crippen LogP contribution in [0.4, 0.5) is 0 Å². The van der Waals surface area contributed by atoms with E-state index in [9.17, 15) is 19.5 Å².